The largest absolute Gasteiger partial charge is 0.496 e. The molecule has 0 bridgehead atoms. The van der Waals surface area contributed by atoms with Gasteiger partial charge >= 0.3 is 0 Å². The molecule has 1 N–H and O–H groups in total. The minimum atomic E-state index is 0.345. The van der Waals surface area contributed by atoms with Crippen LogP contribution in [0, 0.1) is 0 Å². The highest BCUT2D eigenvalue weighted by molar-refractivity contribution is 9.10. The Hall–Kier alpha value is -0.580. The minimum Gasteiger partial charge on any atom is -0.496 e. The van der Waals surface area contributed by atoms with E-state index >= 15 is 0 Å². The van der Waals surface area contributed by atoms with Crippen molar-refractivity contribution >= 4 is 15.9 Å². The van der Waals surface area contributed by atoms with Gasteiger partial charge in [0.1, 0.15) is 5.75 Å². The van der Waals surface area contributed by atoms with Gasteiger partial charge in [0.2, 0.25) is 0 Å². The van der Waals surface area contributed by atoms with Gasteiger partial charge in [0.05, 0.1) is 11.6 Å². The van der Waals surface area contributed by atoms with Gasteiger partial charge in [-0.25, -0.2) is 0 Å². The first-order valence-electron chi connectivity index (χ1n) is 5.76. The van der Waals surface area contributed by atoms with Gasteiger partial charge in [-0.3, -0.25) is 0 Å². The minimum absolute atomic E-state index is 0.345. The molecule has 0 radical (unpaired) electrons. The molecule has 1 aromatic rings. The van der Waals surface area contributed by atoms with Crippen LogP contribution in [0.25, 0.3) is 0 Å². The van der Waals surface area contributed by atoms with E-state index in [4.69, 9.17) is 4.74 Å². The number of likely N-dealkylation sites (N-methyl/N-ethyl adjacent to an activating group) is 1. The van der Waals surface area contributed by atoms with Crippen molar-refractivity contribution in [2.45, 2.75) is 13.0 Å². The Kier molecular flexibility index (Phi) is 5.95. The maximum atomic E-state index is 5.22. The van der Waals surface area contributed by atoms with E-state index in [0.717, 1.165) is 23.3 Å². The second-order valence-corrected chi connectivity index (χ2v) is 5.23. The average Bonchev–Trinajstić information content (AvgIpc) is 2.28. The Balaban J connectivity index is 2.57. The zero-order valence-electron chi connectivity index (χ0n) is 11.0. The van der Waals surface area contributed by atoms with Crippen LogP contribution in [0.1, 0.15) is 18.5 Å². The number of halogens is 1. The Morgan fingerprint density at radius 2 is 2.12 bits per heavy atom. The monoisotopic (exact) mass is 300 g/mol. The molecule has 4 heteroatoms. The lowest BCUT2D eigenvalue weighted by molar-refractivity contribution is 0.388. The van der Waals surface area contributed by atoms with E-state index < -0.39 is 0 Å². The van der Waals surface area contributed by atoms with Gasteiger partial charge in [-0.2, -0.15) is 0 Å². The molecule has 0 saturated heterocycles. The molecule has 17 heavy (non-hydrogen) atoms. The van der Waals surface area contributed by atoms with Crippen LogP contribution in [0.2, 0.25) is 0 Å². The lowest BCUT2D eigenvalue weighted by Crippen LogP contribution is -2.28. The van der Waals surface area contributed by atoms with Gasteiger partial charge in [0.25, 0.3) is 0 Å². The van der Waals surface area contributed by atoms with Crippen LogP contribution >= 0.6 is 15.9 Å². The summed E-state index contributed by atoms with van der Waals surface area (Å²) < 4.78 is 6.22. The van der Waals surface area contributed by atoms with Gasteiger partial charge in [-0.1, -0.05) is 6.07 Å². The number of hydrogen-bond donors (Lipinski definition) is 1. The molecule has 0 saturated carbocycles. The van der Waals surface area contributed by atoms with Gasteiger partial charge in [-0.05, 0) is 54.6 Å². The lowest BCUT2D eigenvalue weighted by Gasteiger charge is -2.17. The molecule has 96 valence electrons. The van der Waals surface area contributed by atoms with E-state index in [1.165, 1.54) is 5.56 Å². The molecular formula is C13H21BrN2O. The predicted octanol–water partition coefficient (Wildman–Crippen LogP) is 2.67. The summed E-state index contributed by atoms with van der Waals surface area (Å²) in [6, 6.07) is 6.53. The molecule has 1 rings (SSSR count). The number of nitrogens with one attached hydrogen (secondary N) is 1. The molecule has 0 aliphatic heterocycles. The van der Waals surface area contributed by atoms with Gasteiger partial charge in [-0.15, -0.1) is 0 Å². The van der Waals surface area contributed by atoms with Gasteiger partial charge in [0, 0.05) is 19.1 Å². The first-order chi connectivity index (χ1) is 8.04. The first-order valence-corrected chi connectivity index (χ1v) is 6.55. The fraction of sp³-hybridized carbons (Fsp3) is 0.538. The Bertz CT molecular complexity index is 355. The van der Waals surface area contributed by atoms with Gasteiger partial charge < -0.3 is 15.0 Å². The maximum absolute atomic E-state index is 5.22. The van der Waals surface area contributed by atoms with Crippen LogP contribution < -0.4 is 10.1 Å². The van der Waals surface area contributed by atoms with E-state index in [2.05, 4.69) is 59.3 Å². The SMILES string of the molecule is COc1ccc(C(C)NCCN(C)C)cc1Br. The molecule has 0 heterocycles. The van der Waals surface area contributed by atoms with E-state index in [1.54, 1.807) is 7.11 Å². The first kappa shape index (κ1) is 14.5. The van der Waals surface area contributed by atoms with E-state index in [0.29, 0.717) is 6.04 Å². The third-order valence-corrected chi connectivity index (χ3v) is 3.31. The molecule has 1 aromatic carbocycles. The van der Waals surface area contributed by atoms with E-state index in [-0.39, 0.29) is 0 Å². The molecule has 0 fully saturated rings. The molecule has 0 spiro atoms. The summed E-state index contributed by atoms with van der Waals surface area (Å²) in [6.07, 6.45) is 0. The molecule has 0 amide bonds. The quantitative estimate of drug-likeness (QED) is 0.874. The summed E-state index contributed by atoms with van der Waals surface area (Å²) in [5.74, 6) is 0.870. The highest BCUT2D eigenvalue weighted by Crippen LogP contribution is 2.27. The van der Waals surface area contributed by atoms with Crippen LogP contribution in [0.5, 0.6) is 5.75 Å². The number of hydrogen-bond acceptors (Lipinski definition) is 3. The topological polar surface area (TPSA) is 24.5 Å². The Morgan fingerprint density at radius 1 is 1.41 bits per heavy atom. The number of ether oxygens (including phenoxy) is 1. The molecule has 0 aliphatic rings. The number of methoxy groups -OCH3 is 1. The molecule has 1 atom stereocenters. The Labute approximate surface area is 112 Å². The highest BCUT2D eigenvalue weighted by atomic mass is 79.9. The summed E-state index contributed by atoms with van der Waals surface area (Å²) in [7, 11) is 5.84. The summed E-state index contributed by atoms with van der Waals surface area (Å²) >= 11 is 3.51. The highest BCUT2D eigenvalue weighted by Gasteiger charge is 2.07. The summed E-state index contributed by atoms with van der Waals surface area (Å²) in [5, 5.41) is 3.49. The van der Waals surface area contributed by atoms with Crippen LogP contribution in [0.4, 0.5) is 0 Å². The van der Waals surface area contributed by atoms with Gasteiger partial charge in [0.15, 0.2) is 0 Å². The van der Waals surface area contributed by atoms with Crippen LogP contribution in [0.15, 0.2) is 22.7 Å². The normalized spacial score (nSPS) is 12.8. The zero-order chi connectivity index (χ0) is 12.8. The van der Waals surface area contributed by atoms with Crippen molar-refractivity contribution in [1.29, 1.82) is 0 Å². The molecular weight excluding hydrogens is 280 g/mol. The molecule has 0 aliphatic carbocycles. The second-order valence-electron chi connectivity index (χ2n) is 4.37. The molecule has 3 nitrogen and oxygen atoms in total. The zero-order valence-corrected chi connectivity index (χ0v) is 12.5. The average molecular weight is 301 g/mol. The summed E-state index contributed by atoms with van der Waals surface area (Å²) in [6.45, 7) is 4.20. The van der Waals surface area contributed by atoms with E-state index in [9.17, 15) is 0 Å². The summed E-state index contributed by atoms with van der Waals surface area (Å²) in [4.78, 5) is 2.17. The standard InChI is InChI=1S/C13H21BrN2O/c1-10(15-7-8-16(2)3)11-5-6-13(17-4)12(14)9-11/h5-6,9-10,15H,7-8H2,1-4H3. The maximum Gasteiger partial charge on any atom is 0.133 e. The van der Waals surface area contributed by atoms with Crippen molar-refractivity contribution in [3.05, 3.63) is 28.2 Å². The van der Waals surface area contributed by atoms with Crippen LogP contribution in [-0.2, 0) is 0 Å². The van der Waals surface area contributed by atoms with Crippen molar-refractivity contribution in [3.63, 3.8) is 0 Å². The number of rotatable bonds is 6. The van der Waals surface area contributed by atoms with Crippen molar-refractivity contribution in [2.75, 3.05) is 34.3 Å². The third kappa shape index (κ3) is 4.66. The lowest BCUT2D eigenvalue weighted by atomic mass is 10.1. The van der Waals surface area contributed by atoms with Crippen molar-refractivity contribution in [1.82, 2.24) is 10.2 Å². The predicted molar refractivity (Wildman–Crippen MR) is 75.7 cm³/mol. The van der Waals surface area contributed by atoms with Crippen molar-refractivity contribution < 1.29 is 4.74 Å². The Morgan fingerprint density at radius 3 is 2.65 bits per heavy atom. The van der Waals surface area contributed by atoms with Crippen molar-refractivity contribution in [2.24, 2.45) is 0 Å². The fourth-order valence-corrected chi connectivity index (χ4v) is 2.13. The smallest absolute Gasteiger partial charge is 0.133 e. The number of benzene rings is 1. The van der Waals surface area contributed by atoms with Crippen LogP contribution in [0.3, 0.4) is 0 Å². The number of nitrogens with zero attached hydrogens (tertiary/aromatic N) is 1. The van der Waals surface area contributed by atoms with E-state index in [1.807, 2.05) is 6.07 Å². The fourth-order valence-electron chi connectivity index (χ4n) is 1.57. The second kappa shape index (κ2) is 6.99. The third-order valence-electron chi connectivity index (χ3n) is 2.69. The van der Waals surface area contributed by atoms with Crippen molar-refractivity contribution in [3.8, 4) is 5.75 Å². The molecule has 1 unspecified atom stereocenters. The van der Waals surface area contributed by atoms with Crippen LogP contribution in [-0.4, -0.2) is 39.2 Å². The summed E-state index contributed by atoms with van der Waals surface area (Å²) in [5.41, 5.74) is 1.26. The molecule has 0 aromatic heterocycles.